The smallest absolute Gasteiger partial charge is 0.225 e. The van der Waals surface area contributed by atoms with Crippen LogP contribution in [0.1, 0.15) is 120 Å². The molecule has 13 nitrogen and oxygen atoms in total. The third-order valence-corrected chi connectivity index (χ3v) is 17.5. The third-order valence-electron chi connectivity index (χ3n) is 17.5. The predicted octanol–water partition coefficient (Wildman–Crippen LogP) is 7.06. The second kappa shape index (κ2) is 24.6. The van der Waals surface area contributed by atoms with E-state index in [9.17, 15) is 39.6 Å². The Labute approximate surface area is 447 Å². The van der Waals surface area contributed by atoms with Crippen molar-refractivity contribution in [2.75, 3.05) is 39.3 Å². The van der Waals surface area contributed by atoms with E-state index in [0.717, 1.165) is 11.1 Å². The van der Waals surface area contributed by atoms with Gasteiger partial charge in [0.2, 0.25) is 23.6 Å². The van der Waals surface area contributed by atoms with Gasteiger partial charge in [-0.05, 0) is 142 Å². The van der Waals surface area contributed by atoms with E-state index >= 15 is 8.78 Å². The standard InChI is InChI=1S/C61H81F2N5O8/c1-37-11-7-12-43(27-37)56-52(20-16-38(2)57(56)63)61(76,23-10-25-66-40(4)70)47-29-42(34-68(36-47)58(73)44-18-19-48(71)31-44)28-41-17-21-53(62)50(30-41)49-14-5-6-15-51(49)60(75,22-9-24-65-39(3)69)46-13-8-26-67(35-46)59(74)45-32-54(64)55(72)33-45/h5-7,11-12,14-17,20-21,27,30,38,42,44-48,54-55,57,71-72,75-76H,8-10,13,18-19,22-26,28-29,31-36,64H2,1-4H3,(H,65,69)(H,66,70)/t38?,42?,44-,45-,46+,47+,48+,54+,55-,57?,60-,61-/m0/s1. The average Bonchev–Trinajstić information content (AvgIpc) is 4.00. The first-order chi connectivity index (χ1) is 36.2. The van der Waals surface area contributed by atoms with Crippen LogP contribution in [0.15, 0.2) is 84.5 Å². The molecular weight excluding hydrogens is 969 g/mol. The first kappa shape index (κ1) is 56.9. The van der Waals surface area contributed by atoms with E-state index in [2.05, 4.69) is 10.6 Å². The van der Waals surface area contributed by atoms with Crippen molar-refractivity contribution in [1.29, 1.82) is 0 Å². The van der Waals surface area contributed by atoms with Crippen molar-refractivity contribution in [2.45, 2.75) is 147 Å². The molecular formula is C61H81F2N5O8. The molecule has 0 radical (unpaired) electrons. The molecule has 2 heterocycles. The fourth-order valence-electron chi connectivity index (χ4n) is 13.4. The molecule has 8 rings (SSSR count). The normalized spacial score (nSPS) is 28.5. The number of carbonyl (C=O) groups is 4. The number of likely N-dealkylation sites (tertiary alicyclic amines) is 2. The first-order valence-corrected chi connectivity index (χ1v) is 27.9. The molecule has 15 heteroatoms. The topological polar surface area (TPSA) is 206 Å². The number of aliphatic hydroxyl groups is 4. The molecule has 3 aromatic rings. The van der Waals surface area contributed by atoms with Crippen molar-refractivity contribution in [2.24, 2.45) is 41.2 Å². The van der Waals surface area contributed by atoms with Gasteiger partial charge >= 0.3 is 0 Å². The predicted molar refractivity (Wildman–Crippen MR) is 289 cm³/mol. The van der Waals surface area contributed by atoms with E-state index in [-0.39, 0.29) is 74.0 Å². The number of halogens is 2. The van der Waals surface area contributed by atoms with Crippen LogP contribution in [0.5, 0.6) is 0 Å². The summed E-state index contributed by atoms with van der Waals surface area (Å²) in [4.78, 5) is 56.2. The van der Waals surface area contributed by atoms with Gasteiger partial charge in [-0.15, -0.1) is 0 Å². The van der Waals surface area contributed by atoms with Crippen LogP contribution in [0.3, 0.4) is 0 Å². The molecule has 3 aliphatic carbocycles. The molecule has 2 aliphatic heterocycles. The minimum atomic E-state index is -1.66. The van der Waals surface area contributed by atoms with Crippen LogP contribution in [0.2, 0.25) is 0 Å². The minimum Gasteiger partial charge on any atom is -0.393 e. The summed E-state index contributed by atoms with van der Waals surface area (Å²) >= 11 is 0. The summed E-state index contributed by atoms with van der Waals surface area (Å²) in [5, 5.41) is 53.5. The van der Waals surface area contributed by atoms with E-state index in [4.69, 9.17) is 5.73 Å². The summed E-state index contributed by atoms with van der Waals surface area (Å²) in [5.74, 6) is -3.71. The highest BCUT2D eigenvalue weighted by atomic mass is 19.1. The van der Waals surface area contributed by atoms with E-state index in [0.29, 0.717) is 112 Å². The molecule has 4 amide bonds. The van der Waals surface area contributed by atoms with Crippen molar-refractivity contribution in [3.05, 3.63) is 113 Å². The number of benzene rings is 3. The molecule has 412 valence electrons. The highest BCUT2D eigenvalue weighted by Crippen LogP contribution is 2.48. The molecule has 2 saturated carbocycles. The summed E-state index contributed by atoms with van der Waals surface area (Å²) < 4.78 is 33.6. The summed E-state index contributed by atoms with van der Waals surface area (Å²) in [6.45, 7) is 8.48. The van der Waals surface area contributed by atoms with Gasteiger partial charge in [0.25, 0.3) is 0 Å². The fraction of sp³-hybridized carbons (Fsp3) is 0.574. The van der Waals surface area contributed by atoms with E-state index < -0.39 is 71.0 Å². The monoisotopic (exact) mass is 1050 g/mol. The van der Waals surface area contributed by atoms with Gasteiger partial charge in [0.1, 0.15) is 12.0 Å². The average molecular weight is 1050 g/mol. The molecule has 4 fully saturated rings. The first-order valence-electron chi connectivity index (χ1n) is 27.9. The van der Waals surface area contributed by atoms with Gasteiger partial charge in [-0.25, -0.2) is 8.78 Å². The van der Waals surface area contributed by atoms with E-state index in [1.807, 2.05) is 61.2 Å². The van der Waals surface area contributed by atoms with Gasteiger partial charge < -0.3 is 46.6 Å². The number of hydrogen-bond acceptors (Lipinski definition) is 9. The van der Waals surface area contributed by atoms with Crippen molar-refractivity contribution in [1.82, 2.24) is 20.4 Å². The fourth-order valence-corrected chi connectivity index (χ4v) is 13.4. The molecule has 12 atom stereocenters. The van der Waals surface area contributed by atoms with Crippen LogP contribution >= 0.6 is 0 Å². The number of nitrogens with two attached hydrogens (primary N) is 1. The molecule has 3 unspecified atom stereocenters. The van der Waals surface area contributed by atoms with Crippen LogP contribution in [0.25, 0.3) is 16.7 Å². The van der Waals surface area contributed by atoms with Gasteiger partial charge in [0.15, 0.2) is 0 Å². The molecule has 76 heavy (non-hydrogen) atoms. The number of aryl methyl sites for hydroxylation is 1. The summed E-state index contributed by atoms with van der Waals surface area (Å²) in [5.41, 5.74) is 7.40. The summed E-state index contributed by atoms with van der Waals surface area (Å²) in [6, 6.07) is 19.3. The van der Waals surface area contributed by atoms with Crippen LogP contribution in [-0.2, 0) is 31.2 Å². The van der Waals surface area contributed by atoms with Crippen LogP contribution in [0, 0.1) is 48.2 Å². The lowest BCUT2D eigenvalue weighted by Gasteiger charge is -2.48. The molecule has 8 N–H and O–H groups in total. The lowest BCUT2D eigenvalue weighted by Crippen LogP contribution is -2.54. The van der Waals surface area contributed by atoms with Crippen molar-refractivity contribution >= 4 is 29.2 Å². The van der Waals surface area contributed by atoms with Gasteiger partial charge in [-0.3, -0.25) is 19.2 Å². The quantitative estimate of drug-likeness (QED) is 0.0651. The molecule has 0 bridgehead atoms. The number of carbonyl (C=O) groups excluding carboxylic acids is 4. The Hall–Kier alpha value is -5.32. The number of nitrogens with zero attached hydrogens (tertiary/aromatic N) is 2. The number of nitrogens with one attached hydrogen (secondary N) is 2. The summed E-state index contributed by atoms with van der Waals surface area (Å²) in [6.07, 6.45) is 6.11. The number of hydrogen-bond donors (Lipinski definition) is 7. The number of allylic oxidation sites excluding steroid dienone is 2. The largest absolute Gasteiger partial charge is 0.393 e. The lowest BCUT2D eigenvalue weighted by atomic mass is 9.67. The Morgan fingerprint density at radius 3 is 2.13 bits per heavy atom. The van der Waals surface area contributed by atoms with Crippen LogP contribution in [-0.4, -0.2) is 123 Å². The second-order valence-electron chi connectivity index (χ2n) is 23.1. The maximum Gasteiger partial charge on any atom is 0.225 e. The molecule has 0 aromatic heterocycles. The second-order valence-corrected chi connectivity index (χ2v) is 23.1. The lowest BCUT2D eigenvalue weighted by molar-refractivity contribution is -0.142. The van der Waals surface area contributed by atoms with Crippen LogP contribution < -0.4 is 16.4 Å². The SMILES string of the molecule is CC(=O)NCCC[C@@](O)(C1=C(c2cccc(C)c2)C(F)C(C)C=C1)[C@@H]1CC(Cc2ccc(F)c(-c3ccccc3[C@](O)(CCCNC(C)=O)[C@@H]3CCCN(C(=O)[C@H]4C[C@@H](N)[C@@H](O)C4)C3)c2)CN(C(=O)[C@H]2CC[C@@H](O)C2)C1. The van der Waals surface area contributed by atoms with Gasteiger partial charge in [-0.2, -0.15) is 0 Å². The Balaban J connectivity index is 1.15. The minimum absolute atomic E-state index is 0.0985. The van der Waals surface area contributed by atoms with Gasteiger partial charge in [0.05, 0.1) is 23.4 Å². The number of piperidine rings is 2. The zero-order valence-corrected chi connectivity index (χ0v) is 44.9. The molecule has 3 aromatic carbocycles. The van der Waals surface area contributed by atoms with Gasteiger partial charge in [-0.1, -0.05) is 79.2 Å². The number of amides is 4. The molecule has 2 saturated heterocycles. The number of aliphatic hydroxyl groups excluding tert-OH is 2. The molecule has 0 spiro atoms. The van der Waals surface area contributed by atoms with E-state index in [1.165, 1.54) is 19.9 Å². The Morgan fingerprint density at radius 1 is 0.763 bits per heavy atom. The van der Waals surface area contributed by atoms with Crippen molar-refractivity contribution in [3.63, 3.8) is 0 Å². The van der Waals surface area contributed by atoms with E-state index in [1.54, 1.807) is 35.2 Å². The Morgan fingerprint density at radius 2 is 1.46 bits per heavy atom. The van der Waals surface area contributed by atoms with Gasteiger partial charge in [0, 0.05) is 94.3 Å². The zero-order valence-electron chi connectivity index (χ0n) is 44.9. The maximum atomic E-state index is 16.9. The van der Waals surface area contributed by atoms with Crippen molar-refractivity contribution < 1.29 is 48.4 Å². The summed E-state index contributed by atoms with van der Waals surface area (Å²) in [7, 11) is 0. The Kier molecular flexibility index (Phi) is 18.4. The van der Waals surface area contributed by atoms with Crippen LogP contribution in [0.4, 0.5) is 8.78 Å². The third kappa shape index (κ3) is 12.8. The number of rotatable bonds is 18. The number of alkyl halides is 1. The zero-order chi connectivity index (χ0) is 54.5. The Bertz CT molecular complexity index is 2640. The van der Waals surface area contributed by atoms with Crippen molar-refractivity contribution in [3.8, 4) is 11.1 Å². The molecule has 5 aliphatic rings. The maximum absolute atomic E-state index is 16.9. The highest BCUT2D eigenvalue weighted by Gasteiger charge is 2.49. The highest BCUT2D eigenvalue weighted by molar-refractivity contribution is 5.81.